The van der Waals surface area contributed by atoms with E-state index in [1.165, 1.54) is 6.54 Å². The van der Waals surface area contributed by atoms with Gasteiger partial charge >= 0.3 is 0 Å². The third-order valence-electron chi connectivity index (χ3n) is 1.18. The molecule has 0 atom stereocenters. The number of nitrogens with zero attached hydrogens (tertiary/aromatic N) is 1. The molecular formula is C7H18NO+. The molecule has 0 aromatic carbocycles. The van der Waals surface area contributed by atoms with E-state index in [1.807, 2.05) is 0 Å². The molecule has 0 N–H and O–H groups in total. The number of ether oxygens (including phenoxy) is 1. The van der Waals surface area contributed by atoms with Crippen molar-refractivity contribution in [2.24, 2.45) is 0 Å². The molecule has 0 unspecified atom stereocenters. The van der Waals surface area contributed by atoms with Crippen LogP contribution in [0.3, 0.4) is 0 Å². The number of hydrogen-bond donors (Lipinski definition) is 0. The second-order valence-corrected chi connectivity index (χ2v) is 3.36. The van der Waals surface area contributed by atoms with Crippen molar-refractivity contribution in [1.29, 1.82) is 0 Å². The van der Waals surface area contributed by atoms with Crippen LogP contribution in [-0.2, 0) is 4.74 Å². The summed E-state index contributed by atoms with van der Waals surface area (Å²) in [5.41, 5.74) is 0. The van der Waals surface area contributed by atoms with Crippen molar-refractivity contribution in [3.8, 4) is 0 Å². The summed E-state index contributed by atoms with van der Waals surface area (Å²) in [6.07, 6.45) is 1.15. The molecule has 0 radical (unpaired) electrons. The van der Waals surface area contributed by atoms with Gasteiger partial charge in [0.15, 0.2) is 0 Å². The van der Waals surface area contributed by atoms with Gasteiger partial charge in [-0.1, -0.05) is 0 Å². The molecule has 0 aromatic rings. The minimum atomic E-state index is 0.884. The third kappa shape index (κ3) is 7.92. The lowest BCUT2D eigenvalue weighted by Gasteiger charge is -2.23. The first kappa shape index (κ1) is 8.92. The summed E-state index contributed by atoms with van der Waals surface area (Å²) in [6.45, 7) is 2.07. The minimum Gasteiger partial charge on any atom is -0.384 e. The van der Waals surface area contributed by atoms with Gasteiger partial charge in [0, 0.05) is 13.5 Å². The Bertz CT molecular complexity index is 65.8. The summed E-state index contributed by atoms with van der Waals surface area (Å²) in [5, 5.41) is 0. The predicted molar refractivity (Wildman–Crippen MR) is 39.4 cm³/mol. The van der Waals surface area contributed by atoms with E-state index in [-0.39, 0.29) is 0 Å². The van der Waals surface area contributed by atoms with Gasteiger partial charge in [-0.2, -0.15) is 0 Å². The van der Waals surface area contributed by atoms with Crippen LogP contribution in [0.5, 0.6) is 0 Å². The van der Waals surface area contributed by atoms with Gasteiger partial charge in [0.05, 0.1) is 34.3 Å². The van der Waals surface area contributed by atoms with Crippen LogP contribution in [0.1, 0.15) is 6.42 Å². The van der Waals surface area contributed by atoms with E-state index in [0.29, 0.717) is 0 Å². The van der Waals surface area contributed by atoms with E-state index in [1.54, 1.807) is 7.11 Å². The van der Waals surface area contributed by atoms with Gasteiger partial charge in [0.1, 0.15) is 0 Å². The maximum atomic E-state index is 4.93. The van der Waals surface area contributed by atoms with Gasteiger partial charge in [0.2, 0.25) is 0 Å². The molecule has 0 bridgehead atoms. The molecule has 0 rings (SSSR count). The molecule has 0 aliphatic carbocycles. The first-order valence-corrected chi connectivity index (χ1v) is 3.35. The van der Waals surface area contributed by atoms with Gasteiger partial charge in [-0.15, -0.1) is 0 Å². The monoisotopic (exact) mass is 132 g/mol. The van der Waals surface area contributed by atoms with Crippen molar-refractivity contribution in [1.82, 2.24) is 0 Å². The molecular weight excluding hydrogens is 114 g/mol. The van der Waals surface area contributed by atoms with Crippen LogP contribution in [0, 0.1) is 0 Å². The first-order valence-electron chi connectivity index (χ1n) is 3.35. The number of rotatable bonds is 4. The summed E-state index contributed by atoms with van der Waals surface area (Å²) in [6, 6.07) is 0. The lowest BCUT2D eigenvalue weighted by atomic mass is 10.4. The topological polar surface area (TPSA) is 9.23 Å². The molecule has 0 amide bonds. The number of hydrogen-bond acceptors (Lipinski definition) is 1. The van der Waals surface area contributed by atoms with Gasteiger partial charge in [-0.05, 0) is 0 Å². The molecule has 0 aliphatic heterocycles. The van der Waals surface area contributed by atoms with E-state index in [9.17, 15) is 0 Å². The highest BCUT2D eigenvalue weighted by molar-refractivity contribution is 4.30. The average molecular weight is 132 g/mol. The summed E-state index contributed by atoms with van der Waals surface area (Å²) < 4.78 is 5.96. The smallest absolute Gasteiger partial charge is 0.0802 e. The van der Waals surface area contributed by atoms with Gasteiger partial charge in [-0.3, -0.25) is 0 Å². The van der Waals surface area contributed by atoms with Crippen LogP contribution in [-0.4, -0.2) is 45.9 Å². The highest BCUT2D eigenvalue weighted by atomic mass is 16.5. The van der Waals surface area contributed by atoms with E-state index in [4.69, 9.17) is 4.74 Å². The van der Waals surface area contributed by atoms with Crippen molar-refractivity contribution in [2.45, 2.75) is 6.42 Å². The zero-order valence-corrected chi connectivity index (χ0v) is 6.98. The van der Waals surface area contributed by atoms with Crippen LogP contribution in [0.15, 0.2) is 0 Å². The fourth-order valence-electron chi connectivity index (χ4n) is 0.683. The van der Waals surface area contributed by atoms with E-state index in [0.717, 1.165) is 17.5 Å². The molecule has 0 saturated carbocycles. The van der Waals surface area contributed by atoms with Crippen molar-refractivity contribution < 1.29 is 9.22 Å². The van der Waals surface area contributed by atoms with Gasteiger partial charge < -0.3 is 9.22 Å². The molecule has 56 valence electrons. The van der Waals surface area contributed by atoms with E-state index in [2.05, 4.69) is 21.1 Å². The molecule has 0 spiro atoms. The maximum Gasteiger partial charge on any atom is 0.0802 e. The Labute approximate surface area is 58.0 Å². The second-order valence-electron chi connectivity index (χ2n) is 3.36. The normalized spacial score (nSPS) is 12.0. The van der Waals surface area contributed by atoms with Crippen LogP contribution < -0.4 is 0 Å². The fourth-order valence-corrected chi connectivity index (χ4v) is 0.683. The molecule has 0 aliphatic rings. The number of quaternary nitrogens is 1. The standard InChI is InChI=1S/C7H18NO/c1-8(2,3)6-5-7-9-4/h5-7H2,1-4H3/q+1. The van der Waals surface area contributed by atoms with Crippen LogP contribution >= 0.6 is 0 Å². The SMILES string of the molecule is COCCC[N+](C)(C)C. The quantitative estimate of drug-likeness (QED) is 0.405. The second kappa shape index (κ2) is 3.85. The maximum absolute atomic E-state index is 4.93. The Kier molecular flexibility index (Phi) is 3.82. The third-order valence-corrected chi connectivity index (χ3v) is 1.18. The predicted octanol–water partition coefficient (Wildman–Crippen LogP) is 0.729. The Morgan fingerprint density at radius 2 is 1.78 bits per heavy atom. The Hall–Kier alpha value is -0.0800. The Morgan fingerprint density at radius 1 is 1.22 bits per heavy atom. The van der Waals surface area contributed by atoms with Gasteiger partial charge in [0.25, 0.3) is 0 Å². The Morgan fingerprint density at radius 3 is 2.11 bits per heavy atom. The summed E-state index contributed by atoms with van der Waals surface area (Å²) in [7, 11) is 8.32. The lowest BCUT2D eigenvalue weighted by Crippen LogP contribution is -2.35. The molecule has 0 saturated heterocycles. The largest absolute Gasteiger partial charge is 0.384 e. The Balaban J connectivity index is 3.07. The van der Waals surface area contributed by atoms with Crippen molar-refractivity contribution >= 4 is 0 Å². The van der Waals surface area contributed by atoms with E-state index < -0.39 is 0 Å². The van der Waals surface area contributed by atoms with Crippen LogP contribution in [0.4, 0.5) is 0 Å². The molecule has 2 nitrogen and oxygen atoms in total. The summed E-state index contributed by atoms with van der Waals surface area (Å²) >= 11 is 0. The van der Waals surface area contributed by atoms with Crippen molar-refractivity contribution in [3.05, 3.63) is 0 Å². The van der Waals surface area contributed by atoms with Crippen molar-refractivity contribution in [3.63, 3.8) is 0 Å². The molecule has 0 heterocycles. The minimum absolute atomic E-state index is 0.884. The van der Waals surface area contributed by atoms with E-state index >= 15 is 0 Å². The van der Waals surface area contributed by atoms with Crippen LogP contribution in [0.2, 0.25) is 0 Å². The van der Waals surface area contributed by atoms with Crippen LogP contribution in [0.25, 0.3) is 0 Å². The zero-order valence-electron chi connectivity index (χ0n) is 6.98. The average Bonchev–Trinajstić information content (AvgIpc) is 1.63. The van der Waals surface area contributed by atoms with Crippen molar-refractivity contribution in [2.75, 3.05) is 41.4 Å². The highest BCUT2D eigenvalue weighted by Gasteiger charge is 2.04. The summed E-state index contributed by atoms with van der Waals surface area (Å²) in [5.74, 6) is 0. The summed E-state index contributed by atoms with van der Waals surface area (Å²) in [4.78, 5) is 0. The molecule has 9 heavy (non-hydrogen) atoms. The lowest BCUT2D eigenvalue weighted by molar-refractivity contribution is -0.870. The highest BCUT2D eigenvalue weighted by Crippen LogP contribution is 1.92. The molecule has 0 fully saturated rings. The molecule has 2 heteroatoms. The number of methoxy groups -OCH3 is 1. The van der Waals surface area contributed by atoms with Gasteiger partial charge in [-0.25, -0.2) is 0 Å². The molecule has 0 aromatic heterocycles. The zero-order chi connectivity index (χ0) is 7.33. The fraction of sp³-hybridized carbons (Fsp3) is 1.00. The first-order chi connectivity index (χ1) is 4.06.